The molecule has 1 fully saturated rings. The molecule has 0 saturated carbocycles. The zero-order valence-corrected chi connectivity index (χ0v) is 14.6. The zero-order valence-electron chi connectivity index (χ0n) is 13.8. The lowest BCUT2D eigenvalue weighted by Crippen LogP contribution is -2.50. The average molecular weight is 335 g/mol. The van der Waals surface area contributed by atoms with Crippen LogP contribution in [0.25, 0.3) is 0 Å². The standard InChI is InChI=1S/C17H25N3O2S/c1-13(21)19-16(7-12-23-2)17(22)20-10-5-15(6-11-20)14-3-8-18-9-4-14/h3-4,8-9,15-16H,5-7,10-12H2,1-2H3,(H,19,21). The summed E-state index contributed by atoms with van der Waals surface area (Å²) in [6.07, 6.45) is 8.26. The Bertz CT molecular complexity index is 516. The molecule has 5 nitrogen and oxygen atoms in total. The lowest BCUT2D eigenvalue weighted by Gasteiger charge is -2.34. The van der Waals surface area contributed by atoms with Crippen LogP contribution in [0.5, 0.6) is 0 Å². The largest absolute Gasteiger partial charge is 0.345 e. The number of aromatic nitrogens is 1. The maximum Gasteiger partial charge on any atom is 0.245 e. The Morgan fingerprint density at radius 1 is 1.35 bits per heavy atom. The molecule has 2 rings (SSSR count). The first kappa shape index (κ1) is 17.8. The molecular weight excluding hydrogens is 310 g/mol. The van der Waals surface area contributed by atoms with Crippen LogP contribution in [0, 0.1) is 0 Å². The number of likely N-dealkylation sites (tertiary alicyclic amines) is 1. The predicted octanol–water partition coefficient (Wildman–Crippen LogP) is 2.05. The quantitative estimate of drug-likeness (QED) is 0.864. The second kappa shape index (κ2) is 8.91. The number of nitrogens with zero attached hydrogens (tertiary/aromatic N) is 2. The van der Waals surface area contributed by atoms with Crippen molar-refractivity contribution in [2.24, 2.45) is 0 Å². The van der Waals surface area contributed by atoms with Crippen LogP contribution in [0.2, 0.25) is 0 Å². The Kier molecular flexibility index (Phi) is 6.89. The number of nitrogens with one attached hydrogen (secondary N) is 1. The molecule has 1 aliphatic rings. The fraction of sp³-hybridized carbons (Fsp3) is 0.588. The molecule has 6 heteroatoms. The molecule has 0 aliphatic carbocycles. The van der Waals surface area contributed by atoms with Gasteiger partial charge in [0.25, 0.3) is 0 Å². The highest BCUT2D eigenvalue weighted by molar-refractivity contribution is 7.98. The van der Waals surface area contributed by atoms with Crippen LogP contribution in [0.1, 0.15) is 37.7 Å². The van der Waals surface area contributed by atoms with Crippen LogP contribution in [0.3, 0.4) is 0 Å². The number of amides is 2. The highest BCUT2D eigenvalue weighted by Gasteiger charge is 2.28. The topological polar surface area (TPSA) is 62.3 Å². The molecule has 1 aromatic heterocycles. The minimum Gasteiger partial charge on any atom is -0.345 e. The van der Waals surface area contributed by atoms with Gasteiger partial charge in [-0.1, -0.05) is 0 Å². The first-order valence-corrected chi connectivity index (χ1v) is 9.46. The van der Waals surface area contributed by atoms with E-state index in [4.69, 9.17) is 0 Å². The van der Waals surface area contributed by atoms with Crippen LogP contribution in [-0.4, -0.2) is 52.8 Å². The normalized spacial score (nSPS) is 16.9. The fourth-order valence-electron chi connectivity index (χ4n) is 3.03. The van der Waals surface area contributed by atoms with E-state index in [0.717, 1.165) is 31.7 Å². The molecule has 0 radical (unpaired) electrons. The smallest absolute Gasteiger partial charge is 0.245 e. The summed E-state index contributed by atoms with van der Waals surface area (Å²) in [5.41, 5.74) is 1.30. The van der Waals surface area contributed by atoms with Crippen molar-refractivity contribution in [2.75, 3.05) is 25.1 Å². The lowest BCUT2D eigenvalue weighted by atomic mass is 9.90. The summed E-state index contributed by atoms with van der Waals surface area (Å²) in [6, 6.07) is 3.72. The van der Waals surface area contributed by atoms with E-state index in [9.17, 15) is 9.59 Å². The van der Waals surface area contributed by atoms with E-state index in [-0.39, 0.29) is 11.8 Å². The highest BCUT2D eigenvalue weighted by Crippen LogP contribution is 2.27. The fourth-order valence-corrected chi connectivity index (χ4v) is 3.50. The van der Waals surface area contributed by atoms with Crippen molar-refractivity contribution in [3.63, 3.8) is 0 Å². The van der Waals surface area contributed by atoms with Crippen molar-refractivity contribution in [3.05, 3.63) is 30.1 Å². The number of hydrogen-bond acceptors (Lipinski definition) is 4. The van der Waals surface area contributed by atoms with Gasteiger partial charge in [0.15, 0.2) is 0 Å². The second-order valence-corrected chi connectivity index (χ2v) is 6.90. The van der Waals surface area contributed by atoms with Crippen LogP contribution in [0.15, 0.2) is 24.5 Å². The van der Waals surface area contributed by atoms with E-state index in [1.807, 2.05) is 23.5 Å². The molecule has 0 bridgehead atoms. The summed E-state index contributed by atoms with van der Waals surface area (Å²) in [6.45, 7) is 2.97. The molecule has 1 aliphatic heterocycles. The molecule has 0 spiro atoms. The number of thioether (sulfide) groups is 1. The van der Waals surface area contributed by atoms with E-state index in [1.54, 1.807) is 11.8 Å². The molecular formula is C17H25N3O2S. The summed E-state index contributed by atoms with van der Waals surface area (Å²) in [5, 5.41) is 2.80. The van der Waals surface area contributed by atoms with Gasteiger partial charge in [0.1, 0.15) is 6.04 Å². The summed E-state index contributed by atoms with van der Waals surface area (Å²) in [5.74, 6) is 1.27. The van der Waals surface area contributed by atoms with Crippen LogP contribution < -0.4 is 5.32 Å². The monoisotopic (exact) mass is 335 g/mol. The summed E-state index contributed by atoms with van der Waals surface area (Å²) in [7, 11) is 0. The predicted molar refractivity (Wildman–Crippen MR) is 93.4 cm³/mol. The third kappa shape index (κ3) is 5.23. The van der Waals surface area contributed by atoms with Gasteiger partial charge in [-0.25, -0.2) is 0 Å². The number of pyridine rings is 1. The lowest BCUT2D eigenvalue weighted by molar-refractivity contribution is -0.137. The van der Waals surface area contributed by atoms with Crippen molar-refractivity contribution in [2.45, 2.75) is 38.1 Å². The number of hydrogen-bond donors (Lipinski definition) is 1. The van der Waals surface area contributed by atoms with Crippen LogP contribution in [-0.2, 0) is 9.59 Å². The molecule has 1 N–H and O–H groups in total. The van der Waals surface area contributed by atoms with Gasteiger partial charge in [-0.15, -0.1) is 0 Å². The minimum absolute atomic E-state index is 0.0578. The van der Waals surface area contributed by atoms with Gasteiger partial charge in [0, 0.05) is 32.4 Å². The van der Waals surface area contributed by atoms with Crippen molar-refractivity contribution in [3.8, 4) is 0 Å². The van der Waals surface area contributed by atoms with Crippen molar-refractivity contribution in [1.82, 2.24) is 15.2 Å². The van der Waals surface area contributed by atoms with E-state index in [2.05, 4.69) is 22.4 Å². The van der Waals surface area contributed by atoms with Crippen molar-refractivity contribution < 1.29 is 9.59 Å². The molecule has 2 heterocycles. The summed E-state index contributed by atoms with van der Waals surface area (Å²) >= 11 is 1.69. The van der Waals surface area contributed by atoms with Crippen molar-refractivity contribution >= 4 is 23.6 Å². The summed E-state index contributed by atoms with van der Waals surface area (Å²) in [4.78, 5) is 30.0. The number of carbonyl (C=O) groups is 2. The Balaban J connectivity index is 1.91. The number of carbonyl (C=O) groups excluding carboxylic acids is 2. The Labute approximate surface area is 142 Å². The zero-order chi connectivity index (χ0) is 16.7. The first-order chi connectivity index (χ1) is 11.1. The SMILES string of the molecule is CSCCC(NC(C)=O)C(=O)N1CCC(c2ccncc2)CC1. The van der Waals surface area contributed by atoms with E-state index in [0.29, 0.717) is 12.3 Å². The van der Waals surface area contributed by atoms with Gasteiger partial charge in [-0.2, -0.15) is 11.8 Å². The van der Waals surface area contributed by atoms with Gasteiger partial charge in [-0.3, -0.25) is 14.6 Å². The van der Waals surface area contributed by atoms with Gasteiger partial charge in [0.2, 0.25) is 11.8 Å². The van der Waals surface area contributed by atoms with Gasteiger partial charge < -0.3 is 10.2 Å². The maximum atomic E-state index is 12.7. The molecule has 1 aromatic rings. The molecule has 126 valence electrons. The van der Waals surface area contributed by atoms with E-state index < -0.39 is 6.04 Å². The Morgan fingerprint density at radius 3 is 2.57 bits per heavy atom. The Morgan fingerprint density at radius 2 is 2.00 bits per heavy atom. The van der Waals surface area contributed by atoms with Gasteiger partial charge in [-0.05, 0) is 54.9 Å². The maximum absolute atomic E-state index is 12.7. The molecule has 1 unspecified atom stereocenters. The molecule has 2 amide bonds. The first-order valence-electron chi connectivity index (χ1n) is 8.06. The number of rotatable bonds is 6. The molecule has 1 atom stereocenters. The molecule has 1 saturated heterocycles. The summed E-state index contributed by atoms with van der Waals surface area (Å²) < 4.78 is 0. The number of piperidine rings is 1. The second-order valence-electron chi connectivity index (χ2n) is 5.91. The van der Waals surface area contributed by atoms with Crippen LogP contribution >= 0.6 is 11.8 Å². The average Bonchev–Trinajstić information content (AvgIpc) is 2.58. The molecule has 23 heavy (non-hydrogen) atoms. The van der Waals surface area contributed by atoms with Gasteiger partial charge >= 0.3 is 0 Å². The molecule has 0 aromatic carbocycles. The van der Waals surface area contributed by atoms with E-state index >= 15 is 0 Å². The van der Waals surface area contributed by atoms with E-state index in [1.165, 1.54) is 12.5 Å². The third-order valence-corrected chi connectivity index (χ3v) is 4.91. The minimum atomic E-state index is -0.391. The van der Waals surface area contributed by atoms with Gasteiger partial charge in [0.05, 0.1) is 0 Å². The van der Waals surface area contributed by atoms with Crippen LogP contribution in [0.4, 0.5) is 0 Å². The van der Waals surface area contributed by atoms with Crippen molar-refractivity contribution in [1.29, 1.82) is 0 Å². The highest BCUT2D eigenvalue weighted by atomic mass is 32.2. The Hall–Kier alpha value is -1.56. The third-order valence-electron chi connectivity index (χ3n) is 4.27.